The summed E-state index contributed by atoms with van der Waals surface area (Å²) in [5, 5.41) is 3.83. The van der Waals surface area contributed by atoms with Gasteiger partial charge in [0.1, 0.15) is 23.7 Å². The SMILES string of the molecule is CCOC(=O)c1cnn(-c2cccc(-c3ccccc3OCc3ccc(-c4ccc(OC)cc4C)cc3)n2)c1C(F)(F)F. The lowest BCUT2D eigenvalue weighted by Gasteiger charge is -2.14. The van der Waals surface area contributed by atoms with E-state index < -0.39 is 23.4 Å². The maximum atomic E-state index is 14.0. The smallest absolute Gasteiger partial charge is 0.434 e. The van der Waals surface area contributed by atoms with Gasteiger partial charge in [0.25, 0.3) is 0 Å². The first-order valence-electron chi connectivity index (χ1n) is 13.5. The predicted octanol–water partition coefficient (Wildman–Crippen LogP) is 7.69. The fourth-order valence-electron chi connectivity index (χ4n) is 4.68. The summed E-state index contributed by atoms with van der Waals surface area (Å²) in [5.41, 5.74) is 3.22. The van der Waals surface area contributed by atoms with Crippen LogP contribution in [0, 0.1) is 6.92 Å². The Morgan fingerprint density at radius 3 is 2.40 bits per heavy atom. The first-order chi connectivity index (χ1) is 20.7. The Hall–Kier alpha value is -5.12. The molecule has 0 saturated carbocycles. The molecule has 0 radical (unpaired) electrons. The first kappa shape index (κ1) is 29.4. The molecule has 220 valence electrons. The van der Waals surface area contributed by atoms with Crippen molar-refractivity contribution >= 4 is 5.97 Å². The largest absolute Gasteiger partial charge is 0.497 e. The molecule has 0 atom stereocenters. The Labute approximate surface area is 246 Å². The lowest BCUT2D eigenvalue weighted by Crippen LogP contribution is -2.19. The van der Waals surface area contributed by atoms with Crippen molar-refractivity contribution in [2.75, 3.05) is 13.7 Å². The summed E-state index contributed by atoms with van der Waals surface area (Å²) < 4.78 is 58.9. The highest BCUT2D eigenvalue weighted by Crippen LogP contribution is 2.35. The number of aromatic nitrogens is 3. The molecule has 0 aliphatic carbocycles. The molecule has 5 aromatic rings. The van der Waals surface area contributed by atoms with Gasteiger partial charge in [-0.05, 0) is 72.5 Å². The Kier molecular flexibility index (Phi) is 8.47. The molecular formula is C33H28F3N3O4. The standard InChI is InChI=1S/C33H28F3N3O4/c1-4-42-32(40)27-19-37-39(31(27)33(34,35)36)30-11-7-9-28(38-30)26-8-5-6-10-29(26)43-20-22-12-14-23(15-13-22)25-17-16-24(41-3)18-21(25)2/h5-19H,4,20H2,1-3H3. The van der Waals surface area contributed by atoms with Crippen LogP contribution in [0.5, 0.6) is 11.5 Å². The number of carbonyl (C=O) groups is 1. The van der Waals surface area contributed by atoms with E-state index in [2.05, 4.69) is 10.1 Å². The summed E-state index contributed by atoms with van der Waals surface area (Å²) in [6.07, 6.45) is -4.04. The van der Waals surface area contributed by atoms with Gasteiger partial charge >= 0.3 is 12.1 Å². The maximum absolute atomic E-state index is 14.0. The van der Waals surface area contributed by atoms with E-state index >= 15 is 0 Å². The van der Waals surface area contributed by atoms with Gasteiger partial charge in [0, 0.05) is 5.56 Å². The van der Waals surface area contributed by atoms with Crippen molar-refractivity contribution in [3.8, 4) is 39.7 Å². The minimum Gasteiger partial charge on any atom is -0.497 e. The lowest BCUT2D eigenvalue weighted by atomic mass is 9.99. The third-order valence-corrected chi connectivity index (χ3v) is 6.74. The van der Waals surface area contributed by atoms with E-state index in [0.29, 0.717) is 21.7 Å². The number of carbonyl (C=O) groups excluding carboxylic acids is 1. The van der Waals surface area contributed by atoms with Crippen LogP contribution in [0.2, 0.25) is 0 Å². The van der Waals surface area contributed by atoms with E-state index in [-0.39, 0.29) is 19.0 Å². The summed E-state index contributed by atoms with van der Waals surface area (Å²) in [7, 11) is 1.64. The summed E-state index contributed by atoms with van der Waals surface area (Å²) in [5.74, 6) is 0.0884. The van der Waals surface area contributed by atoms with Crippen LogP contribution in [0.15, 0.2) is 91.1 Å². The van der Waals surface area contributed by atoms with E-state index in [9.17, 15) is 18.0 Å². The Morgan fingerprint density at radius 2 is 1.70 bits per heavy atom. The molecule has 5 rings (SSSR count). The van der Waals surface area contributed by atoms with Crippen LogP contribution in [-0.2, 0) is 17.5 Å². The predicted molar refractivity (Wildman–Crippen MR) is 155 cm³/mol. The van der Waals surface area contributed by atoms with E-state index in [4.69, 9.17) is 14.2 Å². The third-order valence-electron chi connectivity index (χ3n) is 6.74. The van der Waals surface area contributed by atoms with Crippen LogP contribution in [0.3, 0.4) is 0 Å². The number of pyridine rings is 1. The van der Waals surface area contributed by atoms with Gasteiger partial charge in [0.05, 0.1) is 25.6 Å². The fourth-order valence-corrected chi connectivity index (χ4v) is 4.68. The second-order valence-electron chi connectivity index (χ2n) is 9.58. The molecule has 2 aromatic heterocycles. The molecule has 7 nitrogen and oxygen atoms in total. The molecule has 0 aliphatic heterocycles. The molecule has 10 heteroatoms. The zero-order valence-corrected chi connectivity index (χ0v) is 23.7. The van der Waals surface area contributed by atoms with Crippen molar-refractivity contribution in [3.63, 3.8) is 0 Å². The number of para-hydroxylation sites is 1. The van der Waals surface area contributed by atoms with Crippen molar-refractivity contribution in [2.45, 2.75) is 26.6 Å². The zero-order valence-electron chi connectivity index (χ0n) is 23.7. The third kappa shape index (κ3) is 6.38. The average molecular weight is 588 g/mol. The first-order valence-corrected chi connectivity index (χ1v) is 13.5. The van der Waals surface area contributed by atoms with Crippen molar-refractivity contribution in [1.82, 2.24) is 14.8 Å². The van der Waals surface area contributed by atoms with Crippen LogP contribution < -0.4 is 9.47 Å². The molecule has 0 saturated heterocycles. The van der Waals surface area contributed by atoms with Gasteiger partial charge in [-0.2, -0.15) is 18.3 Å². The van der Waals surface area contributed by atoms with Gasteiger partial charge in [-0.3, -0.25) is 0 Å². The molecule has 3 aromatic carbocycles. The maximum Gasteiger partial charge on any atom is 0.434 e. The van der Waals surface area contributed by atoms with Crippen LogP contribution in [0.1, 0.15) is 34.1 Å². The van der Waals surface area contributed by atoms with Crippen LogP contribution in [-0.4, -0.2) is 34.5 Å². The topological polar surface area (TPSA) is 75.5 Å². The Morgan fingerprint density at radius 1 is 0.930 bits per heavy atom. The number of esters is 1. The van der Waals surface area contributed by atoms with Gasteiger partial charge in [0.15, 0.2) is 11.5 Å². The normalized spacial score (nSPS) is 11.3. The second-order valence-corrected chi connectivity index (χ2v) is 9.58. The fraction of sp³-hybridized carbons (Fsp3) is 0.182. The molecule has 0 unspecified atom stereocenters. The molecule has 0 fully saturated rings. The number of alkyl halides is 3. The monoisotopic (exact) mass is 587 g/mol. The van der Waals surface area contributed by atoms with E-state index in [1.807, 2.05) is 49.4 Å². The van der Waals surface area contributed by atoms with Gasteiger partial charge in [-0.1, -0.05) is 48.5 Å². The van der Waals surface area contributed by atoms with Crippen molar-refractivity contribution in [1.29, 1.82) is 0 Å². The van der Waals surface area contributed by atoms with E-state index in [1.54, 1.807) is 43.5 Å². The molecular weight excluding hydrogens is 559 g/mol. The summed E-state index contributed by atoms with van der Waals surface area (Å²) in [6.45, 7) is 3.74. The molecule has 0 N–H and O–H groups in total. The number of hydrogen-bond acceptors (Lipinski definition) is 6. The van der Waals surface area contributed by atoms with Crippen molar-refractivity contribution in [3.05, 3.63) is 114 Å². The summed E-state index contributed by atoms with van der Waals surface area (Å²) in [4.78, 5) is 16.6. The number of methoxy groups -OCH3 is 1. The molecule has 0 aliphatic rings. The second kappa shape index (κ2) is 12.4. The highest BCUT2D eigenvalue weighted by Gasteiger charge is 2.41. The van der Waals surface area contributed by atoms with Crippen LogP contribution >= 0.6 is 0 Å². The minimum atomic E-state index is -4.88. The number of benzene rings is 3. The number of rotatable bonds is 9. The highest BCUT2D eigenvalue weighted by atomic mass is 19.4. The molecule has 0 spiro atoms. The van der Waals surface area contributed by atoms with Crippen molar-refractivity contribution in [2.24, 2.45) is 0 Å². The summed E-state index contributed by atoms with van der Waals surface area (Å²) >= 11 is 0. The quantitative estimate of drug-likeness (QED) is 0.165. The van der Waals surface area contributed by atoms with Crippen molar-refractivity contribution < 1.29 is 32.2 Å². The summed E-state index contributed by atoms with van der Waals surface area (Å²) in [6, 6.07) is 25.7. The lowest BCUT2D eigenvalue weighted by molar-refractivity contribution is -0.143. The molecule has 0 amide bonds. The highest BCUT2D eigenvalue weighted by molar-refractivity contribution is 5.90. The Bertz CT molecular complexity index is 1750. The Balaban J connectivity index is 1.39. The average Bonchev–Trinajstić information content (AvgIpc) is 3.47. The van der Waals surface area contributed by atoms with E-state index in [0.717, 1.165) is 34.2 Å². The zero-order chi connectivity index (χ0) is 30.6. The van der Waals surface area contributed by atoms with Gasteiger partial charge in [-0.25, -0.2) is 14.5 Å². The minimum absolute atomic E-state index is 0.0711. The van der Waals surface area contributed by atoms with Gasteiger partial charge in [-0.15, -0.1) is 0 Å². The molecule has 43 heavy (non-hydrogen) atoms. The van der Waals surface area contributed by atoms with Crippen LogP contribution in [0.25, 0.3) is 28.2 Å². The number of nitrogens with zero attached hydrogens (tertiary/aromatic N) is 3. The number of hydrogen-bond donors (Lipinski definition) is 0. The number of ether oxygens (including phenoxy) is 3. The van der Waals surface area contributed by atoms with Crippen LogP contribution in [0.4, 0.5) is 13.2 Å². The van der Waals surface area contributed by atoms with E-state index in [1.165, 1.54) is 13.0 Å². The number of aryl methyl sites for hydroxylation is 1. The van der Waals surface area contributed by atoms with Gasteiger partial charge < -0.3 is 14.2 Å². The molecule has 2 heterocycles. The number of halogens is 3. The van der Waals surface area contributed by atoms with Gasteiger partial charge in [0.2, 0.25) is 0 Å². The molecule has 0 bridgehead atoms.